The number of benzene rings is 2. The summed E-state index contributed by atoms with van der Waals surface area (Å²) in [6, 6.07) is 7.78. The first kappa shape index (κ1) is 14.8. The van der Waals surface area contributed by atoms with E-state index in [1.54, 1.807) is 6.07 Å². The largest absolute Gasteiger partial charge is 0.508 e. The van der Waals surface area contributed by atoms with Crippen molar-refractivity contribution >= 4 is 0 Å². The molecule has 0 saturated heterocycles. The number of hydrogen-bond acceptors (Lipinski definition) is 5. The van der Waals surface area contributed by atoms with Gasteiger partial charge in [-0.15, -0.1) is 0 Å². The summed E-state index contributed by atoms with van der Waals surface area (Å²) in [5.41, 5.74) is 3.17. The van der Waals surface area contributed by atoms with Crippen molar-refractivity contribution < 1.29 is 24.1 Å². The fraction of sp³-hybridized carbons (Fsp3) is 0.400. The molecule has 0 spiro atoms. The molecule has 3 aliphatic rings. The van der Waals surface area contributed by atoms with Crippen LogP contribution in [0.5, 0.6) is 28.7 Å². The summed E-state index contributed by atoms with van der Waals surface area (Å²) in [7, 11) is 0. The van der Waals surface area contributed by atoms with Gasteiger partial charge < -0.3 is 24.1 Å². The van der Waals surface area contributed by atoms with Crippen LogP contribution in [0, 0.1) is 11.8 Å². The Morgan fingerprint density at radius 1 is 0.920 bits per heavy atom. The highest BCUT2D eigenvalue weighted by molar-refractivity contribution is 5.63. The van der Waals surface area contributed by atoms with Gasteiger partial charge in [-0.1, -0.05) is 19.9 Å². The molecule has 0 bridgehead atoms. The molecule has 1 N–H and O–H groups in total. The van der Waals surface area contributed by atoms with Crippen molar-refractivity contribution in [3.05, 3.63) is 41.0 Å². The zero-order valence-electron chi connectivity index (χ0n) is 14.2. The average Bonchev–Trinajstić information content (AvgIpc) is 3.24. The standard InChI is InChI=1S/C20H20O5/c1-10-5-13-14(21)7-17-20(25-9-24-17)19(13)18(11(10)2)12-3-4-15-16(6-12)23-8-22-15/h3-4,6-7,10-11,18,21H,5,8-9H2,1-2H3/t10-,11+,18+/m1/s1. The lowest BCUT2D eigenvalue weighted by Crippen LogP contribution is -2.27. The fourth-order valence-corrected chi connectivity index (χ4v) is 4.31. The minimum Gasteiger partial charge on any atom is -0.508 e. The van der Waals surface area contributed by atoms with Crippen LogP contribution >= 0.6 is 0 Å². The zero-order valence-corrected chi connectivity index (χ0v) is 14.2. The summed E-state index contributed by atoms with van der Waals surface area (Å²) < 4.78 is 22.3. The third-order valence-electron chi connectivity index (χ3n) is 5.80. The maximum atomic E-state index is 10.6. The minimum atomic E-state index is 0.107. The van der Waals surface area contributed by atoms with Crippen LogP contribution in [0.1, 0.15) is 36.5 Å². The molecular weight excluding hydrogens is 320 g/mol. The van der Waals surface area contributed by atoms with Gasteiger partial charge >= 0.3 is 0 Å². The van der Waals surface area contributed by atoms with Crippen molar-refractivity contribution in [2.45, 2.75) is 26.2 Å². The van der Waals surface area contributed by atoms with Gasteiger partial charge in [-0.2, -0.15) is 0 Å². The van der Waals surface area contributed by atoms with Crippen molar-refractivity contribution in [2.24, 2.45) is 11.8 Å². The second-order valence-electron chi connectivity index (χ2n) is 7.15. The lowest BCUT2D eigenvalue weighted by Gasteiger charge is -2.37. The van der Waals surface area contributed by atoms with Gasteiger partial charge in [0, 0.05) is 23.1 Å². The summed E-state index contributed by atoms with van der Waals surface area (Å²) in [5, 5.41) is 10.6. The van der Waals surface area contributed by atoms with Crippen LogP contribution in [0.4, 0.5) is 0 Å². The smallest absolute Gasteiger partial charge is 0.231 e. The van der Waals surface area contributed by atoms with Crippen LogP contribution in [-0.2, 0) is 6.42 Å². The molecule has 25 heavy (non-hydrogen) atoms. The molecule has 0 unspecified atom stereocenters. The summed E-state index contributed by atoms with van der Waals surface area (Å²) in [6.45, 7) is 4.95. The van der Waals surface area contributed by atoms with E-state index in [2.05, 4.69) is 26.0 Å². The summed E-state index contributed by atoms with van der Waals surface area (Å²) in [6.07, 6.45) is 0.833. The average molecular weight is 340 g/mol. The molecular formula is C20H20O5. The number of fused-ring (bicyclic) bond motifs is 4. The maximum absolute atomic E-state index is 10.6. The van der Waals surface area contributed by atoms with E-state index in [4.69, 9.17) is 18.9 Å². The van der Waals surface area contributed by atoms with Gasteiger partial charge in [0.25, 0.3) is 0 Å². The Kier molecular flexibility index (Phi) is 3.08. The van der Waals surface area contributed by atoms with Crippen LogP contribution in [0.2, 0.25) is 0 Å². The molecule has 2 heterocycles. The Morgan fingerprint density at radius 2 is 1.68 bits per heavy atom. The van der Waals surface area contributed by atoms with E-state index in [0.29, 0.717) is 23.3 Å². The normalized spacial score (nSPS) is 25.8. The molecule has 3 atom stereocenters. The number of phenolic OH excluding ortho intramolecular Hbond substituents is 1. The van der Waals surface area contributed by atoms with E-state index in [9.17, 15) is 5.11 Å². The Hall–Kier alpha value is -2.56. The molecule has 2 aliphatic heterocycles. The maximum Gasteiger partial charge on any atom is 0.231 e. The Labute approximate surface area is 146 Å². The van der Waals surface area contributed by atoms with Crippen molar-refractivity contribution in [3.63, 3.8) is 0 Å². The van der Waals surface area contributed by atoms with Crippen molar-refractivity contribution in [3.8, 4) is 28.7 Å². The van der Waals surface area contributed by atoms with Crippen molar-refractivity contribution in [1.29, 1.82) is 0 Å². The van der Waals surface area contributed by atoms with Gasteiger partial charge in [0.05, 0.1) is 0 Å². The van der Waals surface area contributed by atoms with Gasteiger partial charge in [-0.3, -0.25) is 0 Å². The number of ether oxygens (including phenoxy) is 4. The molecule has 0 saturated carbocycles. The topological polar surface area (TPSA) is 57.2 Å². The highest BCUT2D eigenvalue weighted by atomic mass is 16.7. The highest BCUT2D eigenvalue weighted by Crippen LogP contribution is 2.54. The van der Waals surface area contributed by atoms with Crippen LogP contribution in [0.25, 0.3) is 0 Å². The SMILES string of the molecule is C[C@@H]1[C@@H](c2ccc3c(c2)OCO3)c2c(c(O)cc3c2OCO3)C[C@H]1C. The molecule has 1 aliphatic carbocycles. The fourth-order valence-electron chi connectivity index (χ4n) is 4.31. The van der Waals surface area contributed by atoms with Crippen LogP contribution in [0.3, 0.4) is 0 Å². The second kappa shape index (κ2) is 5.22. The molecule has 2 aromatic rings. The molecule has 2 aromatic carbocycles. The molecule has 5 rings (SSSR count). The van der Waals surface area contributed by atoms with Crippen LogP contribution < -0.4 is 18.9 Å². The van der Waals surface area contributed by atoms with Gasteiger partial charge in [0.1, 0.15) is 5.75 Å². The third kappa shape index (κ3) is 2.08. The monoisotopic (exact) mass is 340 g/mol. The molecule has 0 radical (unpaired) electrons. The Balaban J connectivity index is 1.72. The van der Waals surface area contributed by atoms with E-state index in [-0.39, 0.29) is 19.5 Å². The predicted molar refractivity (Wildman–Crippen MR) is 90.7 cm³/mol. The molecule has 5 nitrogen and oxygen atoms in total. The van der Waals surface area contributed by atoms with E-state index in [1.165, 1.54) is 0 Å². The van der Waals surface area contributed by atoms with Gasteiger partial charge in [-0.25, -0.2) is 0 Å². The number of hydrogen-bond donors (Lipinski definition) is 1. The molecule has 5 heteroatoms. The van der Waals surface area contributed by atoms with Crippen molar-refractivity contribution in [2.75, 3.05) is 13.6 Å². The Bertz CT molecular complexity index is 860. The van der Waals surface area contributed by atoms with Crippen molar-refractivity contribution in [1.82, 2.24) is 0 Å². The van der Waals surface area contributed by atoms with Crippen LogP contribution in [0.15, 0.2) is 24.3 Å². The van der Waals surface area contributed by atoms with Crippen LogP contribution in [-0.4, -0.2) is 18.7 Å². The predicted octanol–water partition coefficient (Wildman–Crippen LogP) is 3.81. The summed E-state index contributed by atoms with van der Waals surface area (Å²) in [5.74, 6) is 4.19. The van der Waals surface area contributed by atoms with Gasteiger partial charge in [-0.05, 0) is 36.0 Å². The van der Waals surface area contributed by atoms with E-state index < -0.39 is 0 Å². The number of phenols is 1. The van der Waals surface area contributed by atoms with E-state index in [0.717, 1.165) is 40.4 Å². The molecule has 0 amide bonds. The van der Waals surface area contributed by atoms with Gasteiger partial charge in [0.2, 0.25) is 13.6 Å². The number of rotatable bonds is 1. The first-order valence-corrected chi connectivity index (χ1v) is 8.67. The molecule has 130 valence electrons. The lowest BCUT2D eigenvalue weighted by molar-refractivity contribution is 0.171. The Morgan fingerprint density at radius 3 is 2.56 bits per heavy atom. The summed E-state index contributed by atoms with van der Waals surface area (Å²) >= 11 is 0. The minimum absolute atomic E-state index is 0.107. The van der Waals surface area contributed by atoms with E-state index in [1.807, 2.05) is 6.07 Å². The van der Waals surface area contributed by atoms with Gasteiger partial charge in [0.15, 0.2) is 23.0 Å². The number of aromatic hydroxyl groups is 1. The second-order valence-corrected chi connectivity index (χ2v) is 7.15. The molecule has 0 fully saturated rings. The first-order chi connectivity index (χ1) is 12.1. The zero-order chi connectivity index (χ0) is 17.1. The highest BCUT2D eigenvalue weighted by Gasteiger charge is 2.39. The molecule has 0 aromatic heterocycles. The third-order valence-corrected chi connectivity index (χ3v) is 5.80. The first-order valence-electron chi connectivity index (χ1n) is 8.67. The quantitative estimate of drug-likeness (QED) is 0.855. The van der Waals surface area contributed by atoms with E-state index >= 15 is 0 Å². The lowest BCUT2D eigenvalue weighted by atomic mass is 9.67. The summed E-state index contributed by atoms with van der Waals surface area (Å²) in [4.78, 5) is 0.